The molecule has 5 rings (SSSR count). The highest BCUT2D eigenvalue weighted by atomic mass is 35.5. The standard InChI is InChI=1S/C25H26ClN5O3/c1-16-6-9-27-17(12-16)14-31-22(19-5-4-18(13-20(19)26)33-11-3-10-32)30-21-23(31)28-15-29-24(21)34-25(2)7-8-25/h4-6,9,12-13,15,32H,3,7-8,10-11,14H2,1-2H3. The predicted molar refractivity (Wildman–Crippen MR) is 129 cm³/mol. The molecular formula is C25H26ClN5O3. The predicted octanol–water partition coefficient (Wildman–Crippen LogP) is 4.59. The molecule has 9 heteroatoms. The Morgan fingerprint density at radius 2 is 2.00 bits per heavy atom. The second-order valence-corrected chi connectivity index (χ2v) is 9.22. The average Bonchev–Trinajstić information content (AvgIpc) is 3.43. The lowest BCUT2D eigenvalue weighted by atomic mass is 10.2. The minimum absolute atomic E-state index is 0.0767. The molecule has 0 saturated heterocycles. The van der Waals surface area contributed by atoms with E-state index >= 15 is 0 Å². The number of aryl methyl sites for hydroxylation is 1. The van der Waals surface area contributed by atoms with Crippen molar-refractivity contribution in [1.29, 1.82) is 0 Å². The van der Waals surface area contributed by atoms with Crippen LogP contribution in [-0.4, -0.2) is 48.4 Å². The molecule has 0 atom stereocenters. The van der Waals surface area contributed by atoms with Gasteiger partial charge in [-0.15, -0.1) is 0 Å². The van der Waals surface area contributed by atoms with Gasteiger partial charge in [0.2, 0.25) is 5.88 Å². The third-order valence-corrected chi connectivity index (χ3v) is 6.15. The van der Waals surface area contributed by atoms with Gasteiger partial charge in [-0.1, -0.05) is 11.6 Å². The molecule has 34 heavy (non-hydrogen) atoms. The van der Waals surface area contributed by atoms with Crippen LogP contribution in [0.3, 0.4) is 0 Å². The van der Waals surface area contributed by atoms with E-state index in [1.54, 1.807) is 12.3 Å². The normalized spacial score (nSPS) is 14.4. The molecule has 176 valence electrons. The van der Waals surface area contributed by atoms with E-state index in [2.05, 4.69) is 21.9 Å². The van der Waals surface area contributed by atoms with Crippen molar-refractivity contribution in [3.05, 3.63) is 59.1 Å². The molecule has 3 aromatic heterocycles. The Morgan fingerprint density at radius 3 is 2.74 bits per heavy atom. The first-order valence-corrected chi connectivity index (χ1v) is 11.7. The van der Waals surface area contributed by atoms with Crippen molar-refractivity contribution in [1.82, 2.24) is 24.5 Å². The van der Waals surface area contributed by atoms with E-state index in [1.807, 2.05) is 35.8 Å². The van der Waals surface area contributed by atoms with E-state index < -0.39 is 0 Å². The third-order valence-electron chi connectivity index (χ3n) is 5.84. The van der Waals surface area contributed by atoms with Gasteiger partial charge in [0.25, 0.3) is 0 Å². The molecule has 4 aromatic rings. The lowest BCUT2D eigenvalue weighted by molar-refractivity contribution is 0.194. The SMILES string of the molecule is Cc1ccnc(Cn2c(-c3ccc(OCCCO)cc3Cl)nc3c(OC4(C)CC4)ncnc32)c1. The van der Waals surface area contributed by atoms with Gasteiger partial charge in [0.05, 0.1) is 23.9 Å². The number of hydrogen-bond acceptors (Lipinski definition) is 7. The quantitative estimate of drug-likeness (QED) is 0.351. The summed E-state index contributed by atoms with van der Waals surface area (Å²) in [6.45, 7) is 5.06. The van der Waals surface area contributed by atoms with Crippen LogP contribution in [0.25, 0.3) is 22.6 Å². The summed E-state index contributed by atoms with van der Waals surface area (Å²) in [5, 5.41) is 9.48. The number of pyridine rings is 1. The maximum atomic E-state index is 8.98. The third kappa shape index (κ3) is 4.69. The van der Waals surface area contributed by atoms with Crippen molar-refractivity contribution < 1.29 is 14.6 Å². The number of aromatic nitrogens is 5. The number of hydrogen-bond donors (Lipinski definition) is 1. The number of rotatable bonds is 9. The topological polar surface area (TPSA) is 95.2 Å². The summed E-state index contributed by atoms with van der Waals surface area (Å²) in [5.41, 5.74) is 3.80. The molecule has 3 heterocycles. The minimum atomic E-state index is -0.200. The van der Waals surface area contributed by atoms with Crippen molar-refractivity contribution >= 4 is 22.8 Å². The van der Waals surface area contributed by atoms with Gasteiger partial charge in [-0.2, -0.15) is 4.98 Å². The zero-order valence-electron chi connectivity index (χ0n) is 19.2. The monoisotopic (exact) mass is 479 g/mol. The smallest absolute Gasteiger partial charge is 0.245 e. The van der Waals surface area contributed by atoms with E-state index in [-0.39, 0.29) is 12.2 Å². The van der Waals surface area contributed by atoms with Crippen LogP contribution >= 0.6 is 11.6 Å². The molecule has 0 aliphatic heterocycles. The zero-order chi connectivity index (χ0) is 23.7. The molecular weight excluding hydrogens is 454 g/mol. The lowest BCUT2D eigenvalue weighted by Crippen LogP contribution is -2.13. The van der Waals surface area contributed by atoms with Crippen molar-refractivity contribution in [2.24, 2.45) is 0 Å². The van der Waals surface area contributed by atoms with Crippen LogP contribution in [0.1, 0.15) is 37.4 Å². The van der Waals surface area contributed by atoms with Crippen LogP contribution in [-0.2, 0) is 6.54 Å². The lowest BCUT2D eigenvalue weighted by Gasteiger charge is -2.12. The Balaban J connectivity index is 1.60. The summed E-state index contributed by atoms with van der Waals surface area (Å²) in [4.78, 5) is 18.4. The Morgan fingerprint density at radius 1 is 1.15 bits per heavy atom. The fourth-order valence-corrected chi connectivity index (χ4v) is 3.98. The number of aliphatic hydroxyl groups excluding tert-OH is 1. The van der Waals surface area contributed by atoms with Gasteiger partial charge >= 0.3 is 0 Å². The van der Waals surface area contributed by atoms with Crippen LogP contribution in [0.2, 0.25) is 5.02 Å². The van der Waals surface area contributed by atoms with Gasteiger partial charge < -0.3 is 19.1 Å². The Hall–Kier alpha value is -3.23. The second kappa shape index (κ2) is 9.19. The number of imidazole rings is 1. The van der Waals surface area contributed by atoms with Gasteiger partial charge in [-0.3, -0.25) is 4.98 Å². The fraction of sp³-hybridized carbons (Fsp3) is 0.360. The van der Waals surface area contributed by atoms with E-state index in [0.717, 1.165) is 29.7 Å². The van der Waals surface area contributed by atoms with Gasteiger partial charge in [-0.05, 0) is 62.6 Å². The highest BCUT2D eigenvalue weighted by Crippen LogP contribution is 2.41. The number of benzene rings is 1. The molecule has 0 unspecified atom stereocenters. The summed E-state index contributed by atoms with van der Waals surface area (Å²) < 4.78 is 13.9. The molecule has 0 spiro atoms. The van der Waals surface area contributed by atoms with Crippen molar-refractivity contribution in [2.75, 3.05) is 13.2 Å². The number of aliphatic hydroxyl groups is 1. The first-order chi connectivity index (χ1) is 16.5. The fourth-order valence-electron chi connectivity index (χ4n) is 3.73. The molecule has 0 radical (unpaired) electrons. The number of ether oxygens (including phenoxy) is 2. The molecule has 1 saturated carbocycles. The number of halogens is 1. The van der Waals surface area contributed by atoms with Crippen LogP contribution < -0.4 is 9.47 Å². The first-order valence-electron chi connectivity index (χ1n) is 11.3. The Labute approximate surface area is 202 Å². The first kappa shape index (κ1) is 22.6. The largest absolute Gasteiger partial charge is 0.493 e. The van der Waals surface area contributed by atoms with Gasteiger partial charge in [0, 0.05) is 24.8 Å². The molecule has 1 N–H and O–H groups in total. The van der Waals surface area contributed by atoms with Crippen molar-refractivity contribution in [3.8, 4) is 23.0 Å². The summed E-state index contributed by atoms with van der Waals surface area (Å²) >= 11 is 6.70. The summed E-state index contributed by atoms with van der Waals surface area (Å²) in [7, 11) is 0. The van der Waals surface area contributed by atoms with E-state index in [1.165, 1.54) is 6.33 Å². The molecule has 1 aliphatic carbocycles. The minimum Gasteiger partial charge on any atom is -0.493 e. The highest BCUT2D eigenvalue weighted by Gasteiger charge is 2.41. The Kier molecular flexibility index (Phi) is 6.10. The van der Waals surface area contributed by atoms with Gasteiger partial charge in [0.15, 0.2) is 11.2 Å². The van der Waals surface area contributed by atoms with E-state index in [4.69, 9.17) is 31.2 Å². The average molecular weight is 480 g/mol. The van der Waals surface area contributed by atoms with Crippen LogP contribution in [0.4, 0.5) is 0 Å². The Bertz CT molecular complexity index is 1340. The van der Waals surface area contributed by atoms with E-state index in [0.29, 0.717) is 53.2 Å². The van der Waals surface area contributed by atoms with Crippen LogP contribution in [0.15, 0.2) is 42.9 Å². The van der Waals surface area contributed by atoms with Crippen molar-refractivity contribution in [3.63, 3.8) is 0 Å². The highest BCUT2D eigenvalue weighted by molar-refractivity contribution is 6.33. The maximum absolute atomic E-state index is 8.98. The summed E-state index contributed by atoms with van der Waals surface area (Å²) in [6, 6.07) is 9.50. The van der Waals surface area contributed by atoms with Crippen LogP contribution in [0, 0.1) is 6.92 Å². The van der Waals surface area contributed by atoms with Gasteiger partial charge in [-0.25, -0.2) is 9.97 Å². The maximum Gasteiger partial charge on any atom is 0.245 e. The number of nitrogens with zero attached hydrogens (tertiary/aromatic N) is 5. The molecule has 0 bridgehead atoms. The van der Waals surface area contributed by atoms with E-state index in [9.17, 15) is 0 Å². The molecule has 8 nitrogen and oxygen atoms in total. The molecule has 0 amide bonds. The molecule has 1 fully saturated rings. The summed E-state index contributed by atoms with van der Waals surface area (Å²) in [5.74, 6) is 1.76. The molecule has 1 aromatic carbocycles. The molecule has 1 aliphatic rings. The second-order valence-electron chi connectivity index (χ2n) is 8.82. The van der Waals surface area contributed by atoms with Crippen LogP contribution in [0.5, 0.6) is 11.6 Å². The van der Waals surface area contributed by atoms with Crippen molar-refractivity contribution in [2.45, 2.75) is 45.3 Å². The summed E-state index contributed by atoms with van der Waals surface area (Å²) in [6.07, 6.45) is 5.84. The van der Waals surface area contributed by atoms with Gasteiger partial charge in [0.1, 0.15) is 23.5 Å². The number of fused-ring (bicyclic) bond motifs is 1. The zero-order valence-corrected chi connectivity index (χ0v) is 19.9.